The van der Waals surface area contributed by atoms with Crippen LogP contribution in [0.2, 0.25) is 0 Å². The van der Waals surface area contributed by atoms with Crippen molar-refractivity contribution < 1.29 is 9.53 Å². The van der Waals surface area contributed by atoms with Crippen LogP contribution in [0.3, 0.4) is 0 Å². The average Bonchev–Trinajstić information content (AvgIpc) is 2.90. The molecule has 1 saturated heterocycles. The number of morpholine rings is 1. The predicted molar refractivity (Wildman–Crippen MR) is 84.6 cm³/mol. The maximum absolute atomic E-state index is 12.7. The Kier molecular flexibility index (Phi) is 4.01. The summed E-state index contributed by atoms with van der Waals surface area (Å²) in [4.78, 5) is 31.9. The largest absolute Gasteiger partial charge is 0.372 e. The maximum atomic E-state index is 12.7. The zero-order chi connectivity index (χ0) is 15.9. The van der Waals surface area contributed by atoms with Crippen LogP contribution in [-0.2, 0) is 11.2 Å². The fourth-order valence-electron chi connectivity index (χ4n) is 2.85. The van der Waals surface area contributed by atoms with Crippen molar-refractivity contribution in [1.29, 1.82) is 0 Å². The van der Waals surface area contributed by atoms with Gasteiger partial charge in [0.2, 0.25) is 0 Å². The molecule has 118 valence electrons. The Labute approximate surface area is 132 Å². The van der Waals surface area contributed by atoms with Gasteiger partial charge >= 0.3 is 0 Å². The molecule has 7 heteroatoms. The number of amides is 1. The number of nitrogens with zero attached hydrogens (tertiary/aromatic N) is 3. The molecule has 2 atom stereocenters. The molecule has 1 fully saturated rings. The maximum Gasteiger partial charge on any atom is 0.271 e. The molecule has 2 aromatic rings. The number of carbonyl (C=O) groups is 1. The first-order valence-electron chi connectivity index (χ1n) is 7.44. The van der Waals surface area contributed by atoms with Crippen LogP contribution >= 0.6 is 11.3 Å². The Bertz CT molecular complexity index is 757. The van der Waals surface area contributed by atoms with Crippen LogP contribution in [0.5, 0.6) is 0 Å². The van der Waals surface area contributed by atoms with E-state index in [0.717, 1.165) is 12.1 Å². The van der Waals surface area contributed by atoms with Gasteiger partial charge in [-0.1, -0.05) is 6.92 Å². The SMILES string of the molecule is CCc1csc2ncc(C(=O)N3CC(C)OC(C)C3)c(=O)n12. The summed E-state index contributed by atoms with van der Waals surface area (Å²) in [6.45, 7) is 6.83. The van der Waals surface area contributed by atoms with Crippen molar-refractivity contribution >= 4 is 22.2 Å². The standard InChI is InChI=1S/C15H19N3O3S/c1-4-11-8-22-15-16-5-12(14(20)18(11)15)13(19)17-6-9(2)21-10(3)7-17/h5,8-10H,4,6-7H2,1-3H3. The van der Waals surface area contributed by atoms with Crippen LogP contribution in [0.15, 0.2) is 16.4 Å². The molecule has 2 unspecified atom stereocenters. The van der Waals surface area contributed by atoms with E-state index in [1.165, 1.54) is 17.5 Å². The van der Waals surface area contributed by atoms with Gasteiger partial charge in [0.1, 0.15) is 5.56 Å². The van der Waals surface area contributed by atoms with Gasteiger partial charge < -0.3 is 9.64 Å². The first-order chi connectivity index (χ1) is 10.5. The number of ether oxygens (including phenoxy) is 1. The summed E-state index contributed by atoms with van der Waals surface area (Å²) in [6.07, 6.45) is 2.07. The highest BCUT2D eigenvalue weighted by Gasteiger charge is 2.28. The minimum absolute atomic E-state index is 0.0282. The van der Waals surface area contributed by atoms with E-state index in [1.54, 1.807) is 9.30 Å². The molecular weight excluding hydrogens is 302 g/mol. The van der Waals surface area contributed by atoms with E-state index in [4.69, 9.17) is 4.74 Å². The fraction of sp³-hybridized carbons (Fsp3) is 0.533. The molecule has 1 aliphatic heterocycles. The minimum Gasteiger partial charge on any atom is -0.372 e. The third-order valence-corrected chi connectivity index (χ3v) is 4.70. The summed E-state index contributed by atoms with van der Waals surface area (Å²) in [5.41, 5.74) is 0.739. The van der Waals surface area contributed by atoms with Gasteiger partial charge in [0, 0.05) is 30.4 Å². The number of fused-ring (bicyclic) bond motifs is 1. The van der Waals surface area contributed by atoms with E-state index < -0.39 is 0 Å². The minimum atomic E-state index is -0.278. The van der Waals surface area contributed by atoms with Gasteiger partial charge in [-0.05, 0) is 20.3 Å². The lowest BCUT2D eigenvalue weighted by molar-refractivity contribution is -0.0586. The van der Waals surface area contributed by atoms with Gasteiger partial charge in [0.25, 0.3) is 11.5 Å². The van der Waals surface area contributed by atoms with Crippen LogP contribution in [0.4, 0.5) is 0 Å². The summed E-state index contributed by atoms with van der Waals surface area (Å²) in [5, 5.41) is 1.91. The molecular formula is C15H19N3O3S. The zero-order valence-corrected chi connectivity index (χ0v) is 13.7. The van der Waals surface area contributed by atoms with E-state index in [2.05, 4.69) is 4.98 Å². The van der Waals surface area contributed by atoms with Crippen molar-refractivity contribution in [1.82, 2.24) is 14.3 Å². The molecule has 0 bridgehead atoms. The Morgan fingerprint density at radius 1 is 1.41 bits per heavy atom. The van der Waals surface area contributed by atoms with Crippen LogP contribution in [-0.4, -0.2) is 45.5 Å². The Morgan fingerprint density at radius 3 is 2.73 bits per heavy atom. The van der Waals surface area contributed by atoms with Crippen LogP contribution < -0.4 is 5.56 Å². The molecule has 3 heterocycles. The molecule has 0 aromatic carbocycles. The number of hydrogen-bond donors (Lipinski definition) is 0. The van der Waals surface area contributed by atoms with Gasteiger partial charge in [-0.15, -0.1) is 11.3 Å². The highest BCUT2D eigenvalue weighted by Crippen LogP contribution is 2.15. The summed E-state index contributed by atoms with van der Waals surface area (Å²) >= 11 is 1.42. The van der Waals surface area contributed by atoms with Gasteiger partial charge in [-0.25, -0.2) is 4.98 Å². The second-order valence-corrected chi connectivity index (χ2v) is 6.48. The molecule has 0 spiro atoms. The topological polar surface area (TPSA) is 63.9 Å². The van der Waals surface area contributed by atoms with Gasteiger partial charge in [-0.3, -0.25) is 14.0 Å². The highest BCUT2D eigenvalue weighted by atomic mass is 32.1. The highest BCUT2D eigenvalue weighted by molar-refractivity contribution is 7.15. The third-order valence-electron chi connectivity index (χ3n) is 3.82. The zero-order valence-electron chi connectivity index (χ0n) is 12.9. The molecule has 1 amide bonds. The summed E-state index contributed by atoms with van der Waals surface area (Å²) < 4.78 is 7.18. The Hall–Kier alpha value is -1.73. The fourth-order valence-corrected chi connectivity index (χ4v) is 3.78. The third kappa shape index (κ3) is 2.55. The first kappa shape index (κ1) is 15.2. The normalized spacial score (nSPS) is 22.2. The van der Waals surface area contributed by atoms with Gasteiger partial charge in [-0.2, -0.15) is 0 Å². The van der Waals surface area contributed by atoms with Gasteiger partial charge in [0.15, 0.2) is 4.96 Å². The van der Waals surface area contributed by atoms with Crippen molar-refractivity contribution in [3.63, 3.8) is 0 Å². The van der Waals surface area contributed by atoms with E-state index >= 15 is 0 Å². The molecule has 2 aromatic heterocycles. The van der Waals surface area contributed by atoms with E-state index in [-0.39, 0.29) is 29.2 Å². The van der Waals surface area contributed by atoms with Crippen molar-refractivity contribution in [3.8, 4) is 0 Å². The first-order valence-corrected chi connectivity index (χ1v) is 8.32. The predicted octanol–water partition coefficient (Wildman–Crippen LogP) is 1.57. The molecule has 1 aliphatic rings. The summed E-state index contributed by atoms with van der Waals surface area (Å²) in [6, 6.07) is 0. The quantitative estimate of drug-likeness (QED) is 0.842. The van der Waals surface area contributed by atoms with E-state index in [0.29, 0.717) is 18.1 Å². The monoisotopic (exact) mass is 321 g/mol. The molecule has 22 heavy (non-hydrogen) atoms. The smallest absolute Gasteiger partial charge is 0.271 e. The second kappa shape index (κ2) is 5.81. The Balaban J connectivity index is 2.01. The average molecular weight is 321 g/mol. The van der Waals surface area contributed by atoms with Crippen LogP contribution in [0.1, 0.15) is 36.8 Å². The number of aromatic nitrogens is 2. The number of hydrogen-bond acceptors (Lipinski definition) is 5. The van der Waals surface area contributed by atoms with Crippen LogP contribution in [0.25, 0.3) is 4.96 Å². The van der Waals surface area contributed by atoms with Crippen LogP contribution in [0, 0.1) is 0 Å². The number of thiazole rings is 1. The summed E-state index contributed by atoms with van der Waals surface area (Å²) in [7, 11) is 0. The van der Waals surface area contributed by atoms with Gasteiger partial charge in [0.05, 0.1) is 12.2 Å². The molecule has 3 rings (SSSR count). The van der Waals surface area contributed by atoms with E-state index in [1.807, 2.05) is 26.2 Å². The molecule has 0 aliphatic carbocycles. The van der Waals surface area contributed by atoms with Crippen molar-refractivity contribution in [2.45, 2.75) is 39.4 Å². The lowest BCUT2D eigenvalue weighted by Crippen LogP contribution is -2.49. The van der Waals surface area contributed by atoms with E-state index in [9.17, 15) is 9.59 Å². The second-order valence-electron chi connectivity index (χ2n) is 5.64. The Morgan fingerprint density at radius 2 is 2.09 bits per heavy atom. The van der Waals surface area contributed by atoms with Crippen molar-refractivity contribution in [3.05, 3.63) is 33.2 Å². The number of rotatable bonds is 2. The molecule has 0 saturated carbocycles. The summed E-state index contributed by atoms with van der Waals surface area (Å²) in [5.74, 6) is -0.262. The number of carbonyl (C=O) groups excluding carboxylic acids is 1. The molecule has 0 N–H and O–H groups in total. The molecule has 0 radical (unpaired) electrons. The molecule has 6 nitrogen and oxygen atoms in total. The lowest BCUT2D eigenvalue weighted by atomic mass is 10.2. The van der Waals surface area contributed by atoms with Crippen molar-refractivity contribution in [2.24, 2.45) is 0 Å². The number of aryl methyl sites for hydroxylation is 1. The van der Waals surface area contributed by atoms with Crippen molar-refractivity contribution in [2.75, 3.05) is 13.1 Å². The lowest BCUT2D eigenvalue weighted by Gasteiger charge is -2.35.